The number of hydrogen-bond acceptors (Lipinski definition) is 2. The molecule has 1 spiro atoms. The summed E-state index contributed by atoms with van der Waals surface area (Å²) in [6, 6.07) is 8.20. The summed E-state index contributed by atoms with van der Waals surface area (Å²) in [6.45, 7) is 4.21. The molecule has 1 atom stereocenters. The fourth-order valence-corrected chi connectivity index (χ4v) is 3.88. The maximum absolute atomic E-state index is 12.9. The van der Waals surface area contributed by atoms with E-state index in [0.717, 1.165) is 44.3 Å². The van der Waals surface area contributed by atoms with Crippen molar-refractivity contribution in [2.75, 3.05) is 13.1 Å². The van der Waals surface area contributed by atoms with Crippen LogP contribution >= 0.6 is 0 Å². The van der Waals surface area contributed by atoms with Gasteiger partial charge in [0, 0.05) is 11.0 Å². The van der Waals surface area contributed by atoms with Crippen molar-refractivity contribution in [1.29, 1.82) is 0 Å². The average Bonchev–Trinajstić information content (AvgIpc) is 2.44. The van der Waals surface area contributed by atoms with Crippen molar-refractivity contribution in [2.45, 2.75) is 32.6 Å². The van der Waals surface area contributed by atoms with E-state index in [0.29, 0.717) is 11.7 Å². The number of carbonyl (C=O) groups excluding carboxylic acids is 1. The van der Waals surface area contributed by atoms with E-state index in [1.54, 1.807) is 0 Å². The summed E-state index contributed by atoms with van der Waals surface area (Å²) in [6.07, 6.45) is 4.22. The molecule has 1 fully saturated rings. The van der Waals surface area contributed by atoms with Gasteiger partial charge in [0.25, 0.3) is 0 Å². The number of fused-ring (bicyclic) bond motifs is 1. The summed E-state index contributed by atoms with van der Waals surface area (Å²) < 4.78 is 0. The quantitative estimate of drug-likeness (QED) is 0.821. The van der Waals surface area contributed by atoms with Gasteiger partial charge in [-0.25, -0.2) is 0 Å². The molecule has 2 aliphatic rings. The third-order valence-electron chi connectivity index (χ3n) is 4.95. The van der Waals surface area contributed by atoms with Crippen molar-refractivity contribution >= 4 is 5.78 Å². The van der Waals surface area contributed by atoms with Gasteiger partial charge in [0.2, 0.25) is 0 Å². The zero-order chi connectivity index (χ0) is 12.6. The Morgan fingerprint density at radius 2 is 2.00 bits per heavy atom. The van der Waals surface area contributed by atoms with Crippen molar-refractivity contribution in [1.82, 2.24) is 5.32 Å². The monoisotopic (exact) mass is 243 g/mol. The van der Waals surface area contributed by atoms with Gasteiger partial charge in [-0.15, -0.1) is 0 Å². The first-order valence-electron chi connectivity index (χ1n) is 7.11. The van der Waals surface area contributed by atoms with E-state index in [1.807, 2.05) is 12.1 Å². The Morgan fingerprint density at radius 1 is 1.28 bits per heavy atom. The van der Waals surface area contributed by atoms with E-state index in [9.17, 15) is 4.79 Å². The lowest BCUT2D eigenvalue weighted by Gasteiger charge is -2.45. The summed E-state index contributed by atoms with van der Waals surface area (Å²) >= 11 is 0. The van der Waals surface area contributed by atoms with Crippen LogP contribution in [-0.2, 0) is 6.42 Å². The molecule has 1 N–H and O–H groups in total. The van der Waals surface area contributed by atoms with Crippen molar-refractivity contribution < 1.29 is 4.79 Å². The molecule has 0 radical (unpaired) electrons. The molecule has 3 rings (SSSR count). The first-order chi connectivity index (χ1) is 8.78. The van der Waals surface area contributed by atoms with Crippen LogP contribution in [0.5, 0.6) is 0 Å². The zero-order valence-electron chi connectivity index (χ0n) is 11.0. The predicted molar refractivity (Wildman–Crippen MR) is 72.8 cm³/mol. The highest BCUT2D eigenvalue weighted by atomic mass is 16.1. The van der Waals surface area contributed by atoms with E-state index < -0.39 is 0 Å². The Bertz CT molecular complexity index is 460. The summed E-state index contributed by atoms with van der Waals surface area (Å²) in [7, 11) is 0. The molecule has 0 saturated carbocycles. The lowest BCUT2D eigenvalue weighted by Crippen LogP contribution is -2.50. The number of hydrogen-bond donors (Lipinski definition) is 1. The molecule has 2 nitrogen and oxygen atoms in total. The van der Waals surface area contributed by atoms with Crippen LogP contribution in [0.2, 0.25) is 0 Å². The summed E-state index contributed by atoms with van der Waals surface area (Å²) in [5.74, 6) is 0.944. The number of benzene rings is 1. The minimum Gasteiger partial charge on any atom is -0.317 e. The molecule has 18 heavy (non-hydrogen) atoms. The first kappa shape index (κ1) is 11.9. The van der Waals surface area contributed by atoms with Crippen molar-refractivity contribution in [3.63, 3.8) is 0 Å². The minimum atomic E-state index is -0.0750. The number of Topliss-reactive ketones (excluding diaryl/α,β-unsaturated/α-hetero) is 1. The maximum Gasteiger partial charge on any atom is 0.169 e. The lowest BCUT2D eigenvalue weighted by molar-refractivity contribution is 0.0505. The van der Waals surface area contributed by atoms with Gasteiger partial charge in [-0.1, -0.05) is 37.6 Å². The molecule has 2 heteroatoms. The van der Waals surface area contributed by atoms with Crippen molar-refractivity contribution in [2.24, 2.45) is 11.3 Å². The van der Waals surface area contributed by atoms with Crippen LogP contribution in [-0.4, -0.2) is 18.9 Å². The Balaban J connectivity index is 2.06. The van der Waals surface area contributed by atoms with Gasteiger partial charge in [-0.3, -0.25) is 4.79 Å². The third kappa shape index (κ3) is 1.63. The van der Waals surface area contributed by atoms with Gasteiger partial charge >= 0.3 is 0 Å². The largest absolute Gasteiger partial charge is 0.317 e. The van der Waals surface area contributed by atoms with Crippen LogP contribution in [0, 0.1) is 11.3 Å². The Hall–Kier alpha value is -1.15. The molecule has 0 amide bonds. The lowest BCUT2D eigenvalue weighted by atomic mass is 9.58. The second-order valence-corrected chi connectivity index (χ2v) is 5.70. The number of ketones is 1. The Labute approximate surface area is 109 Å². The molecule has 1 unspecified atom stereocenters. The second kappa shape index (κ2) is 4.51. The van der Waals surface area contributed by atoms with Crippen LogP contribution in [0.3, 0.4) is 0 Å². The van der Waals surface area contributed by atoms with Crippen molar-refractivity contribution in [3.05, 3.63) is 35.4 Å². The third-order valence-corrected chi connectivity index (χ3v) is 4.95. The van der Waals surface area contributed by atoms with Crippen LogP contribution in [0.1, 0.15) is 42.1 Å². The van der Waals surface area contributed by atoms with E-state index in [-0.39, 0.29) is 5.41 Å². The first-order valence-corrected chi connectivity index (χ1v) is 7.11. The van der Waals surface area contributed by atoms with Crippen LogP contribution in [0.25, 0.3) is 0 Å². The van der Waals surface area contributed by atoms with Crippen LogP contribution in [0.15, 0.2) is 24.3 Å². The zero-order valence-corrected chi connectivity index (χ0v) is 11.0. The SMILES string of the molecule is CCC1Cc2ccccc2C(=O)C12CCNCC2. The summed E-state index contributed by atoms with van der Waals surface area (Å²) in [5.41, 5.74) is 2.18. The topological polar surface area (TPSA) is 29.1 Å². The highest BCUT2D eigenvalue weighted by molar-refractivity contribution is 6.03. The number of carbonyl (C=O) groups is 1. The van der Waals surface area contributed by atoms with Crippen LogP contribution in [0.4, 0.5) is 0 Å². The average molecular weight is 243 g/mol. The van der Waals surface area contributed by atoms with E-state index in [4.69, 9.17) is 0 Å². The number of nitrogens with one attached hydrogen (secondary N) is 1. The predicted octanol–water partition coefficient (Wildman–Crippen LogP) is 2.82. The molecule has 0 aromatic heterocycles. The van der Waals surface area contributed by atoms with Gasteiger partial charge < -0.3 is 5.32 Å². The molecule has 1 aromatic carbocycles. The van der Waals surface area contributed by atoms with Crippen molar-refractivity contribution in [3.8, 4) is 0 Å². The molecule has 1 aromatic rings. The molecule has 1 aliphatic carbocycles. The fourth-order valence-electron chi connectivity index (χ4n) is 3.88. The van der Waals surface area contributed by atoms with Crippen LogP contribution < -0.4 is 5.32 Å². The van der Waals surface area contributed by atoms with Gasteiger partial charge in [0.05, 0.1) is 0 Å². The molecule has 1 aliphatic heterocycles. The maximum atomic E-state index is 12.9. The molecule has 0 bridgehead atoms. The minimum absolute atomic E-state index is 0.0750. The number of rotatable bonds is 1. The van der Waals surface area contributed by atoms with E-state index in [2.05, 4.69) is 24.4 Å². The Morgan fingerprint density at radius 3 is 2.72 bits per heavy atom. The fraction of sp³-hybridized carbons (Fsp3) is 0.562. The summed E-state index contributed by atoms with van der Waals surface area (Å²) in [5, 5.41) is 3.39. The smallest absolute Gasteiger partial charge is 0.169 e. The standard InChI is InChI=1S/C16H21NO/c1-2-13-11-12-5-3-4-6-14(12)15(18)16(13)7-9-17-10-8-16/h3-6,13,17H,2,7-11H2,1H3. The summed E-state index contributed by atoms with van der Waals surface area (Å²) in [4.78, 5) is 12.9. The van der Waals surface area contributed by atoms with Gasteiger partial charge in [-0.05, 0) is 43.8 Å². The second-order valence-electron chi connectivity index (χ2n) is 5.70. The highest BCUT2D eigenvalue weighted by Crippen LogP contribution is 2.47. The highest BCUT2D eigenvalue weighted by Gasteiger charge is 2.48. The molecular formula is C16H21NO. The van der Waals surface area contributed by atoms with Gasteiger partial charge in [-0.2, -0.15) is 0 Å². The Kier molecular flexibility index (Phi) is 2.98. The molecular weight excluding hydrogens is 222 g/mol. The van der Waals surface area contributed by atoms with Gasteiger partial charge in [0.1, 0.15) is 0 Å². The number of piperidine rings is 1. The van der Waals surface area contributed by atoms with E-state index >= 15 is 0 Å². The molecule has 1 heterocycles. The van der Waals surface area contributed by atoms with Gasteiger partial charge in [0.15, 0.2) is 5.78 Å². The van der Waals surface area contributed by atoms with E-state index in [1.165, 1.54) is 5.56 Å². The normalized spacial score (nSPS) is 26.1. The molecule has 1 saturated heterocycles. The molecule has 96 valence electrons.